The van der Waals surface area contributed by atoms with Gasteiger partial charge >= 0.3 is 0 Å². The Kier molecular flexibility index (Phi) is 3.51. The highest BCUT2D eigenvalue weighted by atomic mass is 16.6. The van der Waals surface area contributed by atoms with E-state index in [-0.39, 0.29) is 0 Å². The van der Waals surface area contributed by atoms with Crippen LogP contribution in [0.3, 0.4) is 0 Å². The van der Waals surface area contributed by atoms with Gasteiger partial charge < -0.3 is 19.9 Å². The molecule has 2 rings (SSSR count). The van der Waals surface area contributed by atoms with Gasteiger partial charge in [0.2, 0.25) is 0 Å². The van der Waals surface area contributed by atoms with Crippen molar-refractivity contribution < 1.29 is 14.2 Å². The summed E-state index contributed by atoms with van der Waals surface area (Å²) in [5, 5.41) is 0. The number of hydrogen-bond acceptors (Lipinski definition) is 4. The van der Waals surface area contributed by atoms with Gasteiger partial charge in [-0.1, -0.05) is 0 Å². The van der Waals surface area contributed by atoms with Crippen LogP contribution in [0.25, 0.3) is 0 Å². The second-order valence-corrected chi connectivity index (χ2v) is 3.70. The van der Waals surface area contributed by atoms with Crippen molar-refractivity contribution in [3.63, 3.8) is 0 Å². The first-order valence-electron chi connectivity index (χ1n) is 5.51. The quantitative estimate of drug-likeness (QED) is 0.837. The highest BCUT2D eigenvalue weighted by Crippen LogP contribution is 2.37. The molecule has 0 atom stereocenters. The second kappa shape index (κ2) is 5.07. The Balaban J connectivity index is 2.28. The number of ether oxygens (including phenoxy) is 3. The number of aryl methyl sites for hydroxylation is 1. The van der Waals surface area contributed by atoms with Gasteiger partial charge in [-0.3, -0.25) is 0 Å². The molecule has 4 nitrogen and oxygen atoms in total. The van der Waals surface area contributed by atoms with Crippen LogP contribution in [0.15, 0.2) is 12.1 Å². The van der Waals surface area contributed by atoms with E-state index < -0.39 is 0 Å². The third kappa shape index (κ3) is 2.22. The zero-order chi connectivity index (χ0) is 11.4. The van der Waals surface area contributed by atoms with Gasteiger partial charge in [0.1, 0.15) is 19.0 Å². The highest BCUT2D eigenvalue weighted by molar-refractivity contribution is 5.51. The maximum absolute atomic E-state index is 5.53. The normalized spacial score (nSPS) is 13.6. The van der Waals surface area contributed by atoms with Crippen molar-refractivity contribution in [2.75, 3.05) is 26.9 Å². The van der Waals surface area contributed by atoms with Crippen LogP contribution in [-0.4, -0.2) is 26.9 Å². The maximum Gasteiger partial charge on any atom is 0.165 e. The molecular weight excluding hydrogens is 206 g/mol. The fraction of sp³-hybridized carbons (Fsp3) is 0.500. The van der Waals surface area contributed by atoms with Crippen LogP contribution in [0.4, 0.5) is 0 Å². The lowest BCUT2D eigenvalue weighted by Crippen LogP contribution is -2.15. The summed E-state index contributed by atoms with van der Waals surface area (Å²) in [5.74, 6) is 2.41. The molecule has 1 aliphatic rings. The van der Waals surface area contributed by atoms with Gasteiger partial charge in [-0.2, -0.15) is 0 Å². The Bertz CT molecular complexity index is 366. The molecule has 1 aliphatic heterocycles. The lowest BCUT2D eigenvalue weighted by Gasteiger charge is -2.20. The molecule has 0 aliphatic carbocycles. The molecule has 0 fully saturated rings. The van der Waals surface area contributed by atoms with Crippen molar-refractivity contribution >= 4 is 0 Å². The molecule has 1 heterocycles. The molecule has 0 saturated heterocycles. The summed E-state index contributed by atoms with van der Waals surface area (Å²) in [6.07, 6.45) is 1.84. The number of fused-ring (bicyclic) bond motifs is 1. The molecule has 0 radical (unpaired) electrons. The molecule has 88 valence electrons. The van der Waals surface area contributed by atoms with Gasteiger partial charge in [-0.05, 0) is 31.0 Å². The van der Waals surface area contributed by atoms with E-state index in [1.165, 1.54) is 0 Å². The monoisotopic (exact) mass is 223 g/mol. The standard InChI is InChI=1S/C12H17NO3/c1-14-10-8-12-11(15-5-6-16-12)7-9(10)3-2-4-13/h7-8H,2-6,13H2,1H3. The van der Waals surface area contributed by atoms with E-state index in [0.717, 1.165) is 35.7 Å². The minimum absolute atomic E-state index is 0.596. The van der Waals surface area contributed by atoms with Crippen LogP contribution in [0.5, 0.6) is 17.2 Å². The topological polar surface area (TPSA) is 53.7 Å². The largest absolute Gasteiger partial charge is 0.496 e. The number of nitrogens with two attached hydrogens (primary N) is 1. The van der Waals surface area contributed by atoms with E-state index in [9.17, 15) is 0 Å². The average molecular weight is 223 g/mol. The van der Waals surface area contributed by atoms with E-state index in [1.807, 2.05) is 12.1 Å². The summed E-state index contributed by atoms with van der Waals surface area (Å²) in [4.78, 5) is 0. The van der Waals surface area contributed by atoms with E-state index in [4.69, 9.17) is 19.9 Å². The fourth-order valence-corrected chi connectivity index (χ4v) is 1.79. The van der Waals surface area contributed by atoms with E-state index in [0.29, 0.717) is 19.8 Å². The van der Waals surface area contributed by atoms with Gasteiger partial charge in [0.15, 0.2) is 11.5 Å². The van der Waals surface area contributed by atoms with Crippen LogP contribution < -0.4 is 19.9 Å². The number of methoxy groups -OCH3 is 1. The predicted molar refractivity (Wildman–Crippen MR) is 61.4 cm³/mol. The number of rotatable bonds is 4. The summed E-state index contributed by atoms with van der Waals surface area (Å²) in [5.41, 5.74) is 6.63. The summed E-state index contributed by atoms with van der Waals surface area (Å²) in [7, 11) is 1.66. The molecule has 0 amide bonds. The van der Waals surface area contributed by atoms with Crippen molar-refractivity contribution in [3.8, 4) is 17.2 Å². The van der Waals surface area contributed by atoms with Gasteiger partial charge in [0, 0.05) is 6.07 Å². The van der Waals surface area contributed by atoms with Crippen LogP contribution in [-0.2, 0) is 6.42 Å². The molecule has 0 spiro atoms. The summed E-state index contributed by atoms with van der Waals surface area (Å²) < 4.78 is 16.4. The molecule has 0 saturated carbocycles. The predicted octanol–water partition coefficient (Wildman–Crippen LogP) is 1.36. The van der Waals surface area contributed by atoms with E-state index >= 15 is 0 Å². The van der Waals surface area contributed by atoms with Crippen LogP contribution in [0.2, 0.25) is 0 Å². The van der Waals surface area contributed by atoms with Crippen LogP contribution in [0, 0.1) is 0 Å². The summed E-state index contributed by atoms with van der Waals surface area (Å²) in [6.45, 7) is 1.88. The smallest absolute Gasteiger partial charge is 0.165 e. The maximum atomic E-state index is 5.53. The van der Waals surface area contributed by atoms with E-state index in [2.05, 4.69) is 0 Å². The number of hydrogen-bond donors (Lipinski definition) is 1. The molecular formula is C12H17NO3. The first-order chi connectivity index (χ1) is 7.85. The lowest BCUT2D eigenvalue weighted by atomic mass is 10.1. The fourth-order valence-electron chi connectivity index (χ4n) is 1.79. The van der Waals surface area contributed by atoms with Crippen molar-refractivity contribution in [2.24, 2.45) is 5.73 Å². The molecule has 16 heavy (non-hydrogen) atoms. The zero-order valence-corrected chi connectivity index (χ0v) is 9.49. The van der Waals surface area contributed by atoms with Crippen LogP contribution >= 0.6 is 0 Å². The number of benzene rings is 1. The van der Waals surface area contributed by atoms with Crippen molar-refractivity contribution in [3.05, 3.63) is 17.7 Å². The Morgan fingerprint density at radius 1 is 1.25 bits per heavy atom. The minimum Gasteiger partial charge on any atom is -0.496 e. The molecule has 0 aromatic heterocycles. The van der Waals surface area contributed by atoms with Gasteiger partial charge in [0.05, 0.1) is 7.11 Å². The van der Waals surface area contributed by atoms with Gasteiger partial charge in [0.25, 0.3) is 0 Å². The summed E-state index contributed by atoms with van der Waals surface area (Å²) in [6, 6.07) is 3.88. The van der Waals surface area contributed by atoms with Gasteiger partial charge in [-0.15, -0.1) is 0 Å². The first-order valence-corrected chi connectivity index (χ1v) is 5.51. The summed E-state index contributed by atoms with van der Waals surface area (Å²) >= 11 is 0. The third-order valence-corrected chi connectivity index (χ3v) is 2.60. The molecule has 1 aromatic rings. The lowest BCUT2D eigenvalue weighted by molar-refractivity contribution is 0.170. The first kappa shape index (κ1) is 11.1. The van der Waals surface area contributed by atoms with Crippen molar-refractivity contribution in [2.45, 2.75) is 12.8 Å². The molecule has 4 heteroatoms. The van der Waals surface area contributed by atoms with Crippen molar-refractivity contribution in [1.82, 2.24) is 0 Å². The van der Waals surface area contributed by atoms with Gasteiger partial charge in [-0.25, -0.2) is 0 Å². The average Bonchev–Trinajstić information content (AvgIpc) is 2.35. The third-order valence-electron chi connectivity index (χ3n) is 2.60. The van der Waals surface area contributed by atoms with E-state index in [1.54, 1.807) is 7.11 Å². The van der Waals surface area contributed by atoms with Crippen molar-refractivity contribution in [1.29, 1.82) is 0 Å². The molecule has 0 bridgehead atoms. The highest BCUT2D eigenvalue weighted by Gasteiger charge is 2.15. The van der Waals surface area contributed by atoms with Crippen LogP contribution in [0.1, 0.15) is 12.0 Å². The Morgan fingerprint density at radius 2 is 1.94 bits per heavy atom. The SMILES string of the molecule is COc1cc2c(cc1CCCN)OCCO2. The molecule has 2 N–H and O–H groups in total. The zero-order valence-electron chi connectivity index (χ0n) is 9.49. The Labute approximate surface area is 95.3 Å². The molecule has 1 aromatic carbocycles. The second-order valence-electron chi connectivity index (χ2n) is 3.70. The molecule has 0 unspecified atom stereocenters. The Hall–Kier alpha value is -1.42. The minimum atomic E-state index is 0.596. The Morgan fingerprint density at radius 3 is 2.56 bits per heavy atom.